The van der Waals surface area contributed by atoms with Crippen LogP contribution in [0, 0.1) is 0 Å². The Morgan fingerprint density at radius 3 is 1.62 bits per heavy atom. The second-order valence-electron chi connectivity index (χ2n) is 8.30. The standard InChI is InChI=1S/C24H25BClNO2/c1-23(2)24(3,4)29-25(28-23)21-16-15-20(17-22(21)26)27(18-11-7-5-8-12-18)19-13-9-6-10-14-19/h5-17H,1-4H3. The van der Waals surface area contributed by atoms with E-state index >= 15 is 0 Å². The molecule has 0 bridgehead atoms. The average Bonchev–Trinajstić information content (AvgIpc) is 2.91. The summed E-state index contributed by atoms with van der Waals surface area (Å²) in [5, 5.41) is 0.623. The summed E-state index contributed by atoms with van der Waals surface area (Å²) in [5.74, 6) is 0. The molecule has 1 aliphatic rings. The predicted octanol–water partition coefficient (Wildman–Crippen LogP) is 6.11. The maximum atomic E-state index is 6.73. The molecule has 0 spiro atoms. The molecule has 0 amide bonds. The number of benzene rings is 3. The van der Waals surface area contributed by atoms with E-state index in [0.29, 0.717) is 5.02 Å². The van der Waals surface area contributed by atoms with Crippen LogP contribution in [0.2, 0.25) is 5.02 Å². The smallest absolute Gasteiger partial charge is 0.399 e. The van der Waals surface area contributed by atoms with Crippen molar-refractivity contribution in [2.24, 2.45) is 0 Å². The van der Waals surface area contributed by atoms with Crippen LogP contribution in [-0.4, -0.2) is 18.3 Å². The highest BCUT2D eigenvalue weighted by Gasteiger charge is 2.52. The van der Waals surface area contributed by atoms with Gasteiger partial charge in [0.2, 0.25) is 0 Å². The van der Waals surface area contributed by atoms with Gasteiger partial charge < -0.3 is 14.2 Å². The van der Waals surface area contributed by atoms with Gasteiger partial charge in [-0.15, -0.1) is 0 Å². The second-order valence-corrected chi connectivity index (χ2v) is 8.71. The van der Waals surface area contributed by atoms with E-state index in [1.165, 1.54) is 0 Å². The minimum Gasteiger partial charge on any atom is -0.399 e. The first kappa shape index (κ1) is 20.0. The van der Waals surface area contributed by atoms with Crippen molar-refractivity contribution in [2.45, 2.75) is 38.9 Å². The summed E-state index contributed by atoms with van der Waals surface area (Å²) in [6, 6.07) is 26.5. The van der Waals surface area contributed by atoms with Crippen LogP contribution < -0.4 is 10.4 Å². The Bertz CT molecular complexity index is 937. The zero-order chi connectivity index (χ0) is 20.6. The zero-order valence-corrected chi connectivity index (χ0v) is 18.0. The average molecular weight is 406 g/mol. The number of anilines is 3. The summed E-state index contributed by atoms with van der Waals surface area (Å²) < 4.78 is 12.4. The van der Waals surface area contributed by atoms with Gasteiger partial charge in [0.15, 0.2) is 0 Å². The summed E-state index contributed by atoms with van der Waals surface area (Å²) in [5.41, 5.74) is 3.15. The van der Waals surface area contributed by atoms with Crippen molar-refractivity contribution in [1.29, 1.82) is 0 Å². The molecule has 148 valence electrons. The lowest BCUT2D eigenvalue weighted by molar-refractivity contribution is 0.00578. The van der Waals surface area contributed by atoms with Crippen LogP contribution in [0.5, 0.6) is 0 Å². The Hall–Kier alpha value is -2.27. The van der Waals surface area contributed by atoms with Crippen molar-refractivity contribution in [3.63, 3.8) is 0 Å². The molecule has 1 heterocycles. The molecule has 0 radical (unpaired) electrons. The Labute approximate surface area is 178 Å². The van der Waals surface area contributed by atoms with Gasteiger partial charge in [0.25, 0.3) is 0 Å². The first-order chi connectivity index (χ1) is 13.8. The summed E-state index contributed by atoms with van der Waals surface area (Å²) in [7, 11) is -0.483. The third-order valence-electron chi connectivity index (χ3n) is 5.78. The Morgan fingerprint density at radius 2 is 1.17 bits per heavy atom. The fraction of sp³-hybridized carbons (Fsp3) is 0.250. The van der Waals surface area contributed by atoms with Crippen molar-refractivity contribution in [3.8, 4) is 0 Å². The maximum absolute atomic E-state index is 6.73. The molecular weight excluding hydrogens is 381 g/mol. The lowest BCUT2D eigenvalue weighted by Crippen LogP contribution is -2.41. The Morgan fingerprint density at radius 1 is 0.690 bits per heavy atom. The number of hydrogen-bond donors (Lipinski definition) is 0. The third kappa shape index (κ3) is 3.80. The van der Waals surface area contributed by atoms with E-state index in [1.807, 2.05) is 76.2 Å². The normalized spacial score (nSPS) is 17.3. The molecular formula is C24H25BClNO2. The highest BCUT2D eigenvalue weighted by Crippen LogP contribution is 2.38. The molecule has 1 aliphatic heterocycles. The molecule has 0 saturated carbocycles. The minimum absolute atomic E-state index is 0.403. The van der Waals surface area contributed by atoms with Crippen LogP contribution in [0.4, 0.5) is 17.1 Å². The predicted molar refractivity (Wildman–Crippen MR) is 122 cm³/mol. The number of para-hydroxylation sites is 2. The van der Waals surface area contributed by atoms with Crippen LogP contribution in [0.25, 0.3) is 0 Å². The fourth-order valence-electron chi connectivity index (χ4n) is 3.42. The molecule has 0 atom stereocenters. The van der Waals surface area contributed by atoms with E-state index in [1.54, 1.807) is 0 Å². The minimum atomic E-state index is -0.483. The van der Waals surface area contributed by atoms with Crippen LogP contribution in [0.3, 0.4) is 0 Å². The molecule has 5 heteroatoms. The quantitative estimate of drug-likeness (QED) is 0.489. The summed E-state index contributed by atoms with van der Waals surface area (Å²) >= 11 is 6.73. The van der Waals surface area contributed by atoms with Gasteiger partial charge in [0.05, 0.1) is 11.2 Å². The van der Waals surface area contributed by atoms with Gasteiger partial charge >= 0.3 is 7.12 Å². The van der Waals surface area contributed by atoms with E-state index in [-0.39, 0.29) is 0 Å². The molecule has 1 saturated heterocycles. The van der Waals surface area contributed by atoms with Gasteiger partial charge in [-0.2, -0.15) is 0 Å². The summed E-state index contributed by atoms with van der Waals surface area (Å²) in [6.45, 7) is 8.17. The van der Waals surface area contributed by atoms with Crippen LogP contribution >= 0.6 is 11.6 Å². The zero-order valence-electron chi connectivity index (χ0n) is 17.2. The number of nitrogens with zero attached hydrogens (tertiary/aromatic N) is 1. The first-order valence-corrected chi connectivity index (χ1v) is 10.2. The van der Waals surface area contributed by atoms with Gasteiger partial charge in [0.1, 0.15) is 0 Å². The molecule has 1 fully saturated rings. The third-order valence-corrected chi connectivity index (χ3v) is 6.11. The molecule has 3 nitrogen and oxygen atoms in total. The number of rotatable bonds is 4. The SMILES string of the molecule is CC1(C)OB(c2ccc(N(c3ccccc3)c3ccccc3)cc2Cl)OC1(C)C. The second kappa shape index (κ2) is 7.53. The molecule has 0 N–H and O–H groups in total. The van der Waals surface area contributed by atoms with Gasteiger partial charge in [-0.25, -0.2) is 0 Å². The van der Waals surface area contributed by atoms with Crippen LogP contribution in [0.1, 0.15) is 27.7 Å². The van der Waals surface area contributed by atoms with E-state index in [9.17, 15) is 0 Å². The van der Waals surface area contributed by atoms with E-state index in [4.69, 9.17) is 20.9 Å². The highest BCUT2D eigenvalue weighted by atomic mass is 35.5. The van der Waals surface area contributed by atoms with Crippen molar-refractivity contribution in [1.82, 2.24) is 0 Å². The van der Waals surface area contributed by atoms with Crippen molar-refractivity contribution in [3.05, 3.63) is 83.9 Å². The lowest BCUT2D eigenvalue weighted by Gasteiger charge is -2.32. The largest absolute Gasteiger partial charge is 0.496 e. The summed E-state index contributed by atoms with van der Waals surface area (Å²) in [6.07, 6.45) is 0. The Kier molecular flexibility index (Phi) is 5.20. The number of halogens is 1. The lowest BCUT2D eigenvalue weighted by atomic mass is 9.79. The van der Waals surface area contributed by atoms with Crippen molar-refractivity contribution < 1.29 is 9.31 Å². The fourth-order valence-corrected chi connectivity index (χ4v) is 3.68. The maximum Gasteiger partial charge on any atom is 0.496 e. The van der Waals surface area contributed by atoms with Crippen LogP contribution in [0.15, 0.2) is 78.9 Å². The molecule has 3 aromatic rings. The van der Waals surface area contributed by atoms with E-state index in [0.717, 1.165) is 22.5 Å². The van der Waals surface area contributed by atoms with Gasteiger partial charge in [-0.3, -0.25) is 0 Å². The van der Waals surface area contributed by atoms with E-state index in [2.05, 4.69) is 35.2 Å². The molecule has 3 aromatic carbocycles. The first-order valence-electron chi connectivity index (χ1n) is 9.84. The van der Waals surface area contributed by atoms with Crippen molar-refractivity contribution in [2.75, 3.05) is 4.90 Å². The molecule has 0 aromatic heterocycles. The van der Waals surface area contributed by atoms with Gasteiger partial charge in [-0.1, -0.05) is 54.1 Å². The van der Waals surface area contributed by atoms with Gasteiger partial charge in [-0.05, 0) is 64.1 Å². The molecule has 29 heavy (non-hydrogen) atoms. The summed E-state index contributed by atoms with van der Waals surface area (Å²) in [4.78, 5) is 2.18. The van der Waals surface area contributed by atoms with Crippen LogP contribution in [-0.2, 0) is 9.31 Å². The Balaban J connectivity index is 1.72. The molecule has 0 aliphatic carbocycles. The van der Waals surface area contributed by atoms with Crippen molar-refractivity contribution >= 4 is 41.2 Å². The number of hydrogen-bond acceptors (Lipinski definition) is 3. The molecule has 4 rings (SSSR count). The topological polar surface area (TPSA) is 21.7 Å². The molecule has 0 unspecified atom stereocenters. The van der Waals surface area contributed by atoms with E-state index < -0.39 is 18.3 Å². The monoisotopic (exact) mass is 405 g/mol. The highest BCUT2D eigenvalue weighted by molar-refractivity contribution is 6.65. The van der Waals surface area contributed by atoms with Gasteiger partial charge in [0, 0.05) is 27.5 Å².